The molecule has 0 saturated heterocycles. The summed E-state index contributed by atoms with van der Waals surface area (Å²) < 4.78 is 13.8. The third-order valence-electron chi connectivity index (χ3n) is 2.45. The molecule has 0 bridgehead atoms. The maximum atomic E-state index is 13.1. The Morgan fingerprint density at radius 2 is 1.89 bits per heavy atom. The van der Waals surface area contributed by atoms with Crippen molar-refractivity contribution in [2.45, 2.75) is 0 Å². The largest absolute Gasteiger partial charge is 0.389 e. The van der Waals surface area contributed by atoms with Crippen molar-refractivity contribution in [3.8, 4) is 0 Å². The van der Waals surface area contributed by atoms with Crippen molar-refractivity contribution in [2.75, 3.05) is 5.32 Å². The topological polar surface area (TPSA) is 38.0 Å². The Morgan fingerprint density at radius 3 is 2.53 bits per heavy atom. The first-order valence-corrected chi connectivity index (χ1v) is 7.15. The minimum absolute atomic E-state index is 0.252. The fraction of sp³-hybridized carbons (Fsp3) is 0. The van der Waals surface area contributed by atoms with E-state index in [9.17, 15) is 4.39 Å². The molecule has 0 heterocycles. The van der Waals surface area contributed by atoms with Crippen LogP contribution in [-0.2, 0) is 0 Å². The van der Waals surface area contributed by atoms with E-state index in [0.717, 1.165) is 14.9 Å². The van der Waals surface area contributed by atoms with E-state index in [1.807, 2.05) is 0 Å². The highest BCUT2D eigenvalue weighted by molar-refractivity contribution is 14.1. The van der Waals surface area contributed by atoms with Crippen molar-refractivity contribution in [2.24, 2.45) is 5.73 Å². The van der Waals surface area contributed by atoms with Gasteiger partial charge in [0, 0.05) is 19.8 Å². The zero-order valence-corrected chi connectivity index (χ0v) is 13.3. The van der Waals surface area contributed by atoms with E-state index in [4.69, 9.17) is 29.6 Å². The molecule has 0 amide bonds. The molecule has 6 heteroatoms. The van der Waals surface area contributed by atoms with Crippen molar-refractivity contribution in [1.29, 1.82) is 0 Å². The van der Waals surface area contributed by atoms with E-state index in [-0.39, 0.29) is 10.8 Å². The van der Waals surface area contributed by atoms with Crippen LogP contribution >= 0.6 is 46.4 Å². The van der Waals surface area contributed by atoms with E-state index >= 15 is 0 Å². The Labute approximate surface area is 134 Å². The number of nitrogens with one attached hydrogen (secondary N) is 1. The summed E-state index contributed by atoms with van der Waals surface area (Å²) in [5.74, 6) is -0.277. The van der Waals surface area contributed by atoms with Crippen LogP contribution in [0.1, 0.15) is 5.56 Å². The second-order valence-electron chi connectivity index (χ2n) is 3.80. The predicted molar refractivity (Wildman–Crippen MR) is 89.7 cm³/mol. The van der Waals surface area contributed by atoms with Gasteiger partial charge >= 0.3 is 0 Å². The first kappa shape index (κ1) is 14.5. The van der Waals surface area contributed by atoms with Gasteiger partial charge in [-0.05, 0) is 59.0 Å². The minimum atomic E-state index is -0.277. The number of benzene rings is 2. The average Bonchev–Trinajstić information content (AvgIpc) is 2.34. The number of thiocarbonyl (C=S) groups is 1. The molecule has 0 atom stereocenters. The molecule has 0 radical (unpaired) electrons. The Bertz CT molecular complexity index is 649. The van der Waals surface area contributed by atoms with Crippen molar-refractivity contribution in [3.63, 3.8) is 0 Å². The van der Waals surface area contributed by atoms with Gasteiger partial charge < -0.3 is 11.1 Å². The van der Waals surface area contributed by atoms with Crippen LogP contribution in [0.15, 0.2) is 36.4 Å². The molecule has 0 aliphatic rings. The molecule has 0 unspecified atom stereocenters. The molecule has 0 fully saturated rings. The Hall–Kier alpha value is -0.920. The molecule has 2 nitrogen and oxygen atoms in total. The number of rotatable bonds is 3. The zero-order valence-electron chi connectivity index (χ0n) is 9.58. The lowest BCUT2D eigenvalue weighted by Gasteiger charge is -2.13. The predicted octanol–water partition coefficient (Wildman–Crippen LogP) is 4.46. The molecular weight excluding hydrogens is 398 g/mol. The van der Waals surface area contributed by atoms with E-state index in [1.54, 1.807) is 24.3 Å². The average molecular weight is 407 g/mol. The van der Waals surface area contributed by atoms with Crippen LogP contribution < -0.4 is 11.1 Å². The third-order valence-corrected chi connectivity index (χ3v) is 3.80. The molecule has 0 saturated carbocycles. The van der Waals surface area contributed by atoms with Crippen LogP contribution in [0.4, 0.5) is 15.8 Å². The molecule has 98 valence electrons. The molecular formula is C13H9ClFIN2S. The first-order valence-electron chi connectivity index (χ1n) is 5.29. The Balaban J connectivity index is 2.40. The normalized spacial score (nSPS) is 10.3. The summed E-state index contributed by atoms with van der Waals surface area (Å²) in [5, 5.41) is 3.73. The monoisotopic (exact) mass is 406 g/mol. The van der Waals surface area contributed by atoms with Crippen LogP contribution in [0.25, 0.3) is 0 Å². The number of nitrogens with two attached hydrogens (primary N) is 1. The summed E-state index contributed by atoms with van der Waals surface area (Å²) >= 11 is 13.0. The summed E-state index contributed by atoms with van der Waals surface area (Å²) in [4.78, 5) is 0.252. The van der Waals surface area contributed by atoms with Crippen LogP contribution in [0.5, 0.6) is 0 Å². The van der Waals surface area contributed by atoms with Gasteiger partial charge in [-0.25, -0.2) is 4.39 Å². The zero-order chi connectivity index (χ0) is 14.0. The summed E-state index contributed by atoms with van der Waals surface area (Å²) in [6.07, 6.45) is 0. The first-order chi connectivity index (χ1) is 8.97. The standard InChI is InChI=1S/C13H9ClFIN2S/c14-7-1-3-11(9(5-7)13(17)19)18-12-4-2-8(15)6-10(12)16/h1-6,18H,(H2,17,19). The summed E-state index contributed by atoms with van der Waals surface area (Å²) in [5.41, 5.74) is 7.84. The molecule has 19 heavy (non-hydrogen) atoms. The molecule has 0 aliphatic carbocycles. The highest BCUT2D eigenvalue weighted by atomic mass is 127. The van der Waals surface area contributed by atoms with Crippen LogP contribution in [0.3, 0.4) is 0 Å². The van der Waals surface area contributed by atoms with Crippen LogP contribution in [0.2, 0.25) is 5.02 Å². The summed E-state index contributed by atoms with van der Waals surface area (Å²) in [7, 11) is 0. The number of hydrogen-bond acceptors (Lipinski definition) is 2. The van der Waals surface area contributed by atoms with Gasteiger partial charge in [-0.15, -0.1) is 0 Å². The van der Waals surface area contributed by atoms with Crippen molar-refractivity contribution < 1.29 is 4.39 Å². The number of hydrogen-bond donors (Lipinski definition) is 2. The second-order valence-corrected chi connectivity index (χ2v) is 5.84. The van der Waals surface area contributed by atoms with Crippen molar-refractivity contribution >= 4 is 62.8 Å². The molecule has 2 aromatic carbocycles. The second kappa shape index (κ2) is 6.02. The van der Waals surface area contributed by atoms with Gasteiger partial charge in [0.1, 0.15) is 10.8 Å². The van der Waals surface area contributed by atoms with Gasteiger partial charge in [0.25, 0.3) is 0 Å². The lowest BCUT2D eigenvalue weighted by atomic mass is 10.1. The number of halogens is 3. The van der Waals surface area contributed by atoms with Crippen LogP contribution in [-0.4, -0.2) is 4.99 Å². The highest BCUT2D eigenvalue weighted by Gasteiger charge is 2.08. The van der Waals surface area contributed by atoms with Crippen molar-refractivity contribution in [1.82, 2.24) is 0 Å². The van der Waals surface area contributed by atoms with E-state index in [0.29, 0.717) is 10.6 Å². The fourth-order valence-electron chi connectivity index (χ4n) is 1.57. The maximum Gasteiger partial charge on any atom is 0.124 e. The molecule has 2 aromatic rings. The molecule has 0 spiro atoms. The maximum absolute atomic E-state index is 13.1. The Morgan fingerprint density at radius 1 is 1.21 bits per heavy atom. The lowest BCUT2D eigenvalue weighted by molar-refractivity contribution is 0.627. The quantitative estimate of drug-likeness (QED) is 0.584. The fourth-order valence-corrected chi connectivity index (χ4v) is 2.52. The Kier molecular flexibility index (Phi) is 4.59. The molecule has 0 aromatic heterocycles. The van der Waals surface area contributed by atoms with E-state index < -0.39 is 0 Å². The lowest BCUT2D eigenvalue weighted by Crippen LogP contribution is -2.12. The summed E-state index contributed by atoms with van der Waals surface area (Å²) in [6.45, 7) is 0. The third kappa shape index (κ3) is 3.55. The SMILES string of the molecule is NC(=S)c1cc(Cl)ccc1Nc1ccc(F)cc1I. The van der Waals surface area contributed by atoms with Gasteiger partial charge in [0.2, 0.25) is 0 Å². The molecule has 2 rings (SSSR count). The molecule has 3 N–H and O–H groups in total. The molecule has 0 aliphatic heterocycles. The number of anilines is 2. The smallest absolute Gasteiger partial charge is 0.124 e. The summed E-state index contributed by atoms with van der Waals surface area (Å²) in [6, 6.07) is 9.72. The highest BCUT2D eigenvalue weighted by Crippen LogP contribution is 2.27. The van der Waals surface area contributed by atoms with Gasteiger partial charge in [-0.2, -0.15) is 0 Å². The van der Waals surface area contributed by atoms with E-state index in [2.05, 4.69) is 27.9 Å². The van der Waals surface area contributed by atoms with Gasteiger partial charge in [0.15, 0.2) is 0 Å². The van der Waals surface area contributed by atoms with Gasteiger partial charge in [-0.3, -0.25) is 0 Å². The van der Waals surface area contributed by atoms with Crippen molar-refractivity contribution in [3.05, 3.63) is 56.4 Å². The van der Waals surface area contributed by atoms with E-state index in [1.165, 1.54) is 12.1 Å². The van der Waals surface area contributed by atoms with Crippen LogP contribution in [0, 0.1) is 9.39 Å². The van der Waals surface area contributed by atoms with Gasteiger partial charge in [0.05, 0.1) is 5.69 Å². The van der Waals surface area contributed by atoms with Gasteiger partial charge in [-0.1, -0.05) is 23.8 Å². The minimum Gasteiger partial charge on any atom is -0.389 e.